The summed E-state index contributed by atoms with van der Waals surface area (Å²) in [5.74, 6) is -0.802. The van der Waals surface area contributed by atoms with Crippen LogP contribution in [0.15, 0.2) is 48.8 Å². The van der Waals surface area contributed by atoms with Gasteiger partial charge in [0.1, 0.15) is 0 Å². The van der Waals surface area contributed by atoms with E-state index in [0.717, 1.165) is 16.8 Å². The number of nitrogens with zero attached hydrogens (tertiary/aromatic N) is 2. The van der Waals surface area contributed by atoms with E-state index in [1.54, 1.807) is 23.4 Å². The molecule has 24 heavy (non-hydrogen) atoms. The molecule has 1 aromatic carbocycles. The Hall–Kier alpha value is -2.73. The van der Waals surface area contributed by atoms with E-state index in [9.17, 15) is 14.7 Å². The summed E-state index contributed by atoms with van der Waals surface area (Å²) in [5.41, 5.74) is 2.50. The molecule has 1 aliphatic rings. The molecule has 2 heterocycles. The van der Waals surface area contributed by atoms with Crippen molar-refractivity contribution in [3.8, 4) is 0 Å². The Bertz CT molecular complexity index is 733. The Kier molecular flexibility index (Phi) is 4.86. The third-order valence-corrected chi connectivity index (χ3v) is 4.11. The Morgan fingerprint density at radius 3 is 2.83 bits per heavy atom. The summed E-state index contributed by atoms with van der Waals surface area (Å²) in [6.07, 6.45) is 3.44. The van der Waals surface area contributed by atoms with Crippen molar-refractivity contribution in [1.82, 2.24) is 9.88 Å². The van der Waals surface area contributed by atoms with E-state index in [4.69, 9.17) is 0 Å². The highest BCUT2D eigenvalue weighted by Crippen LogP contribution is 2.34. The van der Waals surface area contributed by atoms with Crippen LogP contribution in [0.1, 0.15) is 23.5 Å². The molecule has 1 aliphatic heterocycles. The normalized spacial score (nSPS) is 15.7. The summed E-state index contributed by atoms with van der Waals surface area (Å²) >= 11 is 0. The number of nitrogens with one attached hydrogen (secondary N) is 1. The van der Waals surface area contributed by atoms with Gasteiger partial charge in [0.15, 0.2) is 0 Å². The van der Waals surface area contributed by atoms with Crippen molar-refractivity contribution < 1.29 is 14.7 Å². The molecule has 2 aromatic rings. The zero-order chi connectivity index (χ0) is 16.9. The van der Waals surface area contributed by atoms with Crippen LogP contribution >= 0.6 is 0 Å². The highest BCUT2D eigenvalue weighted by Gasteiger charge is 2.33. The third kappa shape index (κ3) is 3.44. The van der Waals surface area contributed by atoms with Gasteiger partial charge in [-0.05, 0) is 23.3 Å². The van der Waals surface area contributed by atoms with Gasteiger partial charge in [0.2, 0.25) is 11.8 Å². The first-order valence-electron chi connectivity index (χ1n) is 7.86. The predicted molar refractivity (Wildman–Crippen MR) is 89.2 cm³/mol. The molecule has 0 aliphatic carbocycles. The molecule has 1 unspecified atom stereocenters. The van der Waals surface area contributed by atoms with Gasteiger partial charge in [-0.15, -0.1) is 0 Å². The summed E-state index contributed by atoms with van der Waals surface area (Å²) in [7, 11) is 0. The number of anilines is 1. The van der Waals surface area contributed by atoms with Gasteiger partial charge in [0.05, 0.1) is 12.5 Å². The SMILES string of the molecule is O=C1Nc2ccccc2C1CC(=O)N(CCO)Cc1cccnc1. The minimum absolute atomic E-state index is 0.0864. The molecular formula is C18H19N3O3. The fourth-order valence-corrected chi connectivity index (χ4v) is 2.91. The number of aliphatic hydroxyl groups is 1. The fourth-order valence-electron chi connectivity index (χ4n) is 2.91. The molecule has 6 heteroatoms. The van der Waals surface area contributed by atoms with E-state index < -0.39 is 5.92 Å². The minimum atomic E-state index is -0.483. The molecule has 1 aromatic heterocycles. The van der Waals surface area contributed by atoms with Gasteiger partial charge in [-0.2, -0.15) is 0 Å². The number of amides is 2. The van der Waals surface area contributed by atoms with Crippen LogP contribution < -0.4 is 5.32 Å². The first kappa shape index (κ1) is 16.1. The van der Waals surface area contributed by atoms with E-state index in [2.05, 4.69) is 10.3 Å². The van der Waals surface area contributed by atoms with Crippen molar-refractivity contribution >= 4 is 17.5 Å². The second-order valence-electron chi connectivity index (χ2n) is 5.73. The lowest BCUT2D eigenvalue weighted by Gasteiger charge is -2.23. The van der Waals surface area contributed by atoms with Crippen LogP contribution in [0.5, 0.6) is 0 Å². The van der Waals surface area contributed by atoms with Gasteiger partial charge in [-0.3, -0.25) is 14.6 Å². The van der Waals surface area contributed by atoms with Gasteiger partial charge in [0, 0.05) is 37.6 Å². The quantitative estimate of drug-likeness (QED) is 0.844. The average molecular weight is 325 g/mol. The van der Waals surface area contributed by atoms with Gasteiger partial charge >= 0.3 is 0 Å². The Morgan fingerprint density at radius 2 is 2.08 bits per heavy atom. The molecule has 2 amide bonds. The lowest BCUT2D eigenvalue weighted by molar-refractivity contribution is -0.134. The van der Waals surface area contributed by atoms with Gasteiger partial charge in [0.25, 0.3) is 0 Å². The first-order chi connectivity index (χ1) is 11.7. The Morgan fingerprint density at radius 1 is 1.25 bits per heavy atom. The van der Waals surface area contributed by atoms with Crippen LogP contribution in [0.25, 0.3) is 0 Å². The molecule has 0 radical (unpaired) electrons. The monoisotopic (exact) mass is 325 g/mol. The summed E-state index contributed by atoms with van der Waals surface area (Å²) < 4.78 is 0. The highest BCUT2D eigenvalue weighted by molar-refractivity contribution is 6.04. The number of rotatable bonds is 6. The molecule has 0 fully saturated rings. The van der Waals surface area contributed by atoms with Crippen molar-refractivity contribution in [2.75, 3.05) is 18.5 Å². The van der Waals surface area contributed by atoms with E-state index in [-0.39, 0.29) is 31.4 Å². The van der Waals surface area contributed by atoms with Crippen LogP contribution in [-0.2, 0) is 16.1 Å². The lowest BCUT2D eigenvalue weighted by Crippen LogP contribution is -2.34. The molecule has 124 valence electrons. The number of hydrogen-bond acceptors (Lipinski definition) is 4. The number of carbonyl (C=O) groups is 2. The van der Waals surface area contributed by atoms with Gasteiger partial charge in [-0.25, -0.2) is 0 Å². The molecular weight excluding hydrogens is 306 g/mol. The number of carbonyl (C=O) groups excluding carboxylic acids is 2. The van der Waals surface area contributed by atoms with Crippen molar-refractivity contribution in [2.45, 2.75) is 18.9 Å². The topological polar surface area (TPSA) is 82.5 Å². The number of benzene rings is 1. The molecule has 0 bridgehead atoms. The average Bonchev–Trinajstić information content (AvgIpc) is 2.91. The van der Waals surface area contributed by atoms with Crippen molar-refractivity contribution in [3.05, 3.63) is 59.9 Å². The first-order valence-corrected chi connectivity index (χ1v) is 7.86. The number of fused-ring (bicyclic) bond motifs is 1. The smallest absolute Gasteiger partial charge is 0.232 e. The summed E-state index contributed by atoms with van der Waals surface area (Å²) in [6, 6.07) is 11.1. The number of para-hydroxylation sites is 1. The maximum absolute atomic E-state index is 12.7. The van der Waals surface area contributed by atoms with Gasteiger partial charge < -0.3 is 15.3 Å². The number of hydrogen-bond donors (Lipinski definition) is 2. The van der Waals surface area contributed by atoms with E-state index in [1.807, 2.05) is 30.3 Å². The second-order valence-corrected chi connectivity index (χ2v) is 5.73. The van der Waals surface area contributed by atoms with Crippen LogP contribution in [0.2, 0.25) is 0 Å². The van der Waals surface area contributed by atoms with Crippen LogP contribution in [-0.4, -0.2) is 40.0 Å². The molecule has 3 rings (SSSR count). The van der Waals surface area contributed by atoms with Crippen LogP contribution in [0, 0.1) is 0 Å². The molecule has 0 saturated carbocycles. The summed E-state index contributed by atoms with van der Waals surface area (Å²) in [5, 5.41) is 12.0. The molecule has 0 saturated heterocycles. The van der Waals surface area contributed by atoms with Gasteiger partial charge in [-0.1, -0.05) is 24.3 Å². The van der Waals surface area contributed by atoms with E-state index in [0.29, 0.717) is 6.54 Å². The maximum Gasteiger partial charge on any atom is 0.232 e. The Balaban J connectivity index is 1.73. The van der Waals surface area contributed by atoms with Crippen molar-refractivity contribution in [1.29, 1.82) is 0 Å². The number of aromatic nitrogens is 1. The number of pyridine rings is 1. The van der Waals surface area contributed by atoms with E-state index in [1.165, 1.54) is 0 Å². The molecule has 2 N–H and O–H groups in total. The largest absolute Gasteiger partial charge is 0.395 e. The molecule has 0 spiro atoms. The molecule has 6 nitrogen and oxygen atoms in total. The Labute approximate surface area is 140 Å². The van der Waals surface area contributed by atoms with E-state index >= 15 is 0 Å². The maximum atomic E-state index is 12.7. The predicted octanol–water partition coefficient (Wildman–Crippen LogP) is 1.53. The third-order valence-electron chi connectivity index (χ3n) is 4.11. The fraction of sp³-hybridized carbons (Fsp3) is 0.278. The minimum Gasteiger partial charge on any atom is -0.395 e. The number of aliphatic hydroxyl groups excluding tert-OH is 1. The zero-order valence-corrected chi connectivity index (χ0v) is 13.2. The summed E-state index contributed by atoms with van der Waals surface area (Å²) in [6.45, 7) is 0.465. The van der Waals surface area contributed by atoms with Crippen LogP contribution in [0.4, 0.5) is 5.69 Å². The van der Waals surface area contributed by atoms with Crippen LogP contribution in [0.3, 0.4) is 0 Å². The second kappa shape index (κ2) is 7.23. The molecule has 1 atom stereocenters. The summed E-state index contributed by atoms with van der Waals surface area (Å²) in [4.78, 5) is 30.4. The van der Waals surface area contributed by atoms with Crippen molar-refractivity contribution in [3.63, 3.8) is 0 Å². The van der Waals surface area contributed by atoms with Crippen molar-refractivity contribution in [2.24, 2.45) is 0 Å². The standard InChI is InChI=1S/C18H19N3O3/c22-9-8-21(12-13-4-3-7-19-11-13)17(23)10-15-14-5-1-2-6-16(14)20-18(15)24/h1-7,11,15,22H,8-10,12H2,(H,20,24). The lowest BCUT2D eigenvalue weighted by atomic mass is 9.96. The highest BCUT2D eigenvalue weighted by atomic mass is 16.3. The zero-order valence-electron chi connectivity index (χ0n) is 13.2.